The first-order chi connectivity index (χ1) is 17.5. The van der Waals surface area contributed by atoms with Crippen LogP contribution in [0, 0.1) is 6.92 Å². The second kappa shape index (κ2) is 9.87. The molecule has 0 radical (unpaired) electrons. The number of hydrogen-bond acceptors (Lipinski definition) is 6. The van der Waals surface area contributed by atoms with Crippen molar-refractivity contribution in [1.82, 2.24) is 14.0 Å². The molecule has 1 aliphatic heterocycles. The number of aryl methyl sites for hydroxylation is 1. The van der Waals surface area contributed by atoms with Crippen molar-refractivity contribution in [3.8, 4) is 0 Å². The number of hydrogen-bond donors (Lipinski definition) is 0. The van der Waals surface area contributed by atoms with Crippen LogP contribution in [0.25, 0.3) is 16.7 Å². The summed E-state index contributed by atoms with van der Waals surface area (Å²) >= 11 is 0. The van der Waals surface area contributed by atoms with E-state index in [0.29, 0.717) is 23.5 Å². The van der Waals surface area contributed by atoms with Crippen molar-refractivity contribution in [2.24, 2.45) is 4.99 Å². The Labute approximate surface area is 206 Å². The lowest BCUT2D eigenvalue weighted by Crippen LogP contribution is -2.35. The largest absolute Gasteiger partial charge is 0.462 e. The lowest BCUT2D eigenvalue weighted by Gasteiger charge is -2.18. The summed E-state index contributed by atoms with van der Waals surface area (Å²) in [5.74, 6) is -1.19. The number of amides is 1. The van der Waals surface area contributed by atoms with Crippen LogP contribution in [0.4, 0.5) is 0 Å². The number of ether oxygens (including phenoxy) is 2. The van der Waals surface area contributed by atoms with Crippen molar-refractivity contribution in [3.63, 3.8) is 0 Å². The van der Waals surface area contributed by atoms with Gasteiger partial charge in [0, 0.05) is 18.4 Å². The molecular formula is C27H26N4O5. The van der Waals surface area contributed by atoms with Gasteiger partial charge in [0.15, 0.2) is 5.49 Å². The van der Waals surface area contributed by atoms with E-state index in [9.17, 15) is 14.4 Å². The van der Waals surface area contributed by atoms with E-state index in [-0.39, 0.29) is 41.3 Å². The number of carbonyl (C=O) groups is 2. The maximum Gasteiger partial charge on any atom is 0.341 e. The van der Waals surface area contributed by atoms with Gasteiger partial charge in [-0.05, 0) is 56.5 Å². The minimum Gasteiger partial charge on any atom is -0.462 e. The maximum absolute atomic E-state index is 13.5. The Morgan fingerprint density at radius 3 is 2.69 bits per heavy atom. The molecule has 0 aliphatic carbocycles. The first-order valence-corrected chi connectivity index (χ1v) is 12.0. The minimum atomic E-state index is -0.672. The number of benzene rings is 1. The molecule has 5 rings (SSSR count). The maximum atomic E-state index is 13.5. The van der Waals surface area contributed by atoms with Crippen LogP contribution in [-0.2, 0) is 16.0 Å². The van der Waals surface area contributed by atoms with Crippen LogP contribution < -0.4 is 11.0 Å². The second-order valence-electron chi connectivity index (χ2n) is 8.67. The zero-order chi connectivity index (χ0) is 25.2. The van der Waals surface area contributed by atoms with Gasteiger partial charge in [-0.25, -0.2) is 9.78 Å². The second-order valence-corrected chi connectivity index (χ2v) is 8.67. The van der Waals surface area contributed by atoms with Gasteiger partial charge in [0.05, 0.1) is 24.6 Å². The highest BCUT2D eigenvalue weighted by molar-refractivity contribution is 5.97. The Morgan fingerprint density at radius 2 is 1.97 bits per heavy atom. The van der Waals surface area contributed by atoms with Gasteiger partial charge in [0.25, 0.3) is 11.5 Å². The molecule has 9 heteroatoms. The van der Waals surface area contributed by atoms with Crippen molar-refractivity contribution in [2.45, 2.75) is 39.3 Å². The fourth-order valence-electron chi connectivity index (χ4n) is 4.47. The highest BCUT2D eigenvalue weighted by Crippen LogP contribution is 2.18. The summed E-state index contributed by atoms with van der Waals surface area (Å²) in [4.78, 5) is 49.0. The Balaban J connectivity index is 1.89. The van der Waals surface area contributed by atoms with Crippen molar-refractivity contribution in [3.05, 3.63) is 87.3 Å². The number of fused-ring (bicyclic) bond motifs is 2. The average Bonchev–Trinajstić information content (AvgIpc) is 3.40. The molecule has 0 N–H and O–H groups in total. The van der Waals surface area contributed by atoms with Crippen molar-refractivity contribution < 1.29 is 19.1 Å². The molecule has 1 aromatic carbocycles. The topological polar surface area (TPSA) is 104 Å². The number of rotatable bonds is 5. The predicted molar refractivity (Wildman–Crippen MR) is 133 cm³/mol. The third kappa shape index (κ3) is 4.33. The van der Waals surface area contributed by atoms with Crippen molar-refractivity contribution in [2.75, 3.05) is 13.2 Å². The smallest absolute Gasteiger partial charge is 0.341 e. The van der Waals surface area contributed by atoms with E-state index in [1.54, 1.807) is 54.1 Å². The molecule has 1 atom stereocenters. The normalized spacial score (nSPS) is 16.1. The fourth-order valence-corrected chi connectivity index (χ4v) is 4.47. The number of nitrogens with zero attached hydrogens (tertiary/aromatic N) is 4. The SMILES string of the molecule is CCOC(=O)c1cc2c(=O)n3cccc(C)c3nc2n(C[C@@H]2CCCO2)c1=NC(=O)c1ccccc1. The minimum absolute atomic E-state index is 0.0260. The molecule has 184 valence electrons. The molecular weight excluding hydrogens is 460 g/mol. The van der Waals surface area contributed by atoms with Gasteiger partial charge < -0.3 is 14.0 Å². The molecule has 0 bridgehead atoms. The molecule has 1 amide bonds. The molecule has 4 aromatic rings. The van der Waals surface area contributed by atoms with E-state index >= 15 is 0 Å². The van der Waals surface area contributed by atoms with Crippen LogP contribution >= 0.6 is 0 Å². The van der Waals surface area contributed by atoms with E-state index in [1.807, 2.05) is 13.0 Å². The lowest BCUT2D eigenvalue weighted by atomic mass is 10.1. The molecule has 1 fully saturated rings. The van der Waals surface area contributed by atoms with Gasteiger partial charge >= 0.3 is 5.97 Å². The van der Waals surface area contributed by atoms with Gasteiger partial charge in [-0.15, -0.1) is 0 Å². The van der Waals surface area contributed by atoms with E-state index < -0.39 is 11.9 Å². The van der Waals surface area contributed by atoms with Crippen LogP contribution in [0.5, 0.6) is 0 Å². The first-order valence-electron chi connectivity index (χ1n) is 12.0. The summed E-state index contributed by atoms with van der Waals surface area (Å²) in [6, 6.07) is 13.7. The summed E-state index contributed by atoms with van der Waals surface area (Å²) in [5.41, 5.74) is 1.80. The predicted octanol–water partition coefficient (Wildman–Crippen LogP) is 3.05. The zero-order valence-corrected chi connectivity index (χ0v) is 20.1. The molecule has 0 unspecified atom stereocenters. The quantitative estimate of drug-likeness (QED) is 0.317. The van der Waals surface area contributed by atoms with Gasteiger partial charge in [0.2, 0.25) is 0 Å². The third-order valence-corrected chi connectivity index (χ3v) is 6.24. The standard InChI is InChI=1S/C27H26N4O5/c1-3-35-27(34)21-15-20-23(28-22-17(2)9-7-13-30(22)26(20)33)31(16-19-12-8-14-36-19)24(21)29-25(32)18-10-5-4-6-11-18/h4-7,9-11,13,15,19H,3,8,12,14,16H2,1-2H3/t19-/m0/s1. The molecule has 9 nitrogen and oxygen atoms in total. The van der Waals surface area contributed by atoms with Gasteiger partial charge in [-0.1, -0.05) is 24.3 Å². The van der Waals surface area contributed by atoms with E-state index in [4.69, 9.17) is 14.5 Å². The monoisotopic (exact) mass is 486 g/mol. The van der Waals surface area contributed by atoms with E-state index in [0.717, 1.165) is 18.4 Å². The van der Waals surface area contributed by atoms with E-state index in [2.05, 4.69) is 4.99 Å². The molecule has 3 aromatic heterocycles. The van der Waals surface area contributed by atoms with Crippen molar-refractivity contribution in [1.29, 1.82) is 0 Å². The summed E-state index contributed by atoms with van der Waals surface area (Å²) in [6.45, 7) is 4.59. The summed E-state index contributed by atoms with van der Waals surface area (Å²) in [7, 11) is 0. The number of esters is 1. The molecule has 1 aliphatic rings. The summed E-state index contributed by atoms with van der Waals surface area (Å²) < 4.78 is 14.3. The molecule has 36 heavy (non-hydrogen) atoms. The first kappa shape index (κ1) is 23.6. The molecule has 0 spiro atoms. The van der Waals surface area contributed by atoms with Crippen LogP contribution in [0.15, 0.2) is 64.5 Å². The average molecular weight is 487 g/mol. The highest BCUT2D eigenvalue weighted by atomic mass is 16.5. The molecule has 0 saturated carbocycles. The fraction of sp³-hybridized carbons (Fsp3) is 0.296. The van der Waals surface area contributed by atoms with Crippen LogP contribution in [0.2, 0.25) is 0 Å². The summed E-state index contributed by atoms with van der Waals surface area (Å²) in [6.07, 6.45) is 3.17. The Bertz CT molecular complexity index is 1600. The number of aromatic nitrogens is 3. The van der Waals surface area contributed by atoms with Gasteiger partial charge in [0.1, 0.15) is 16.9 Å². The Kier molecular flexibility index (Phi) is 6.47. The number of carbonyl (C=O) groups excluding carboxylic acids is 2. The van der Waals surface area contributed by atoms with Crippen LogP contribution in [0.3, 0.4) is 0 Å². The highest BCUT2D eigenvalue weighted by Gasteiger charge is 2.24. The Hall–Kier alpha value is -4.11. The van der Waals surface area contributed by atoms with Crippen LogP contribution in [-0.4, -0.2) is 45.1 Å². The lowest BCUT2D eigenvalue weighted by molar-refractivity contribution is 0.0521. The van der Waals surface area contributed by atoms with Gasteiger partial charge in [-0.2, -0.15) is 4.99 Å². The zero-order valence-electron chi connectivity index (χ0n) is 20.1. The molecule has 4 heterocycles. The number of pyridine rings is 2. The Morgan fingerprint density at radius 1 is 1.17 bits per heavy atom. The molecule has 1 saturated heterocycles. The van der Waals surface area contributed by atoms with Gasteiger partial charge in [-0.3, -0.25) is 14.0 Å². The third-order valence-electron chi connectivity index (χ3n) is 6.24. The van der Waals surface area contributed by atoms with Crippen molar-refractivity contribution >= 4 is 28.6 Å². The summed E-state index contributed by atoms with van der Waals surface area (Å²) in [5, 5.41) is 0.227. The van der Waals surface area contributed by atoms with Crippen LogP contribution in [0.1, 0.15) is 46.0 Å². The van der Waals surface area contributed by atoms with E-state index in [1.165, 1.54) is 10.5 Å².